The molecule has 0 aromatic carbocycles. The number of rotatable bonds is 6. The van der Waals surface area contributed by atoms with Crippen molar-refractivity contribution in [3.8, 4) is 0 Å². The monoisotopic (exact) mass is 206 g/mol. The van der Waals surface area contributed by atoms with Crippen LogP contribution in [-0.4, -0.2) is 18.0 Å². The van der Waals surface area contributed by atoms with E-state index >= 15 is 0 Å². The predicted molar refractivity (Wildman–Crippen MR) is 48.6 cm³/mol. The zero-order chi connectivity index (χ0) is 7.82. The van der Waals surface area contributed by atoms with Crippen LogP contribution >= 0.6 is 15.9 Å². The van der Waals surface area contributed by atoms with Gasteiger partial charge in [-0.3, -0.25) is 0 Å². The summed E-state index contributed by atoms with van der Waals surface area (Å²) in [5.41, 5.74) is 0. The molecular weight excluding hydrogens is 192 g/mol. The third-order valence-corrected chi connectivity index (χ3v) is 1.86. The van der Waals surface area contributed by atoms with Crippen molar-refractivity contribution in [2.24, 2.45) is 0 Å². The molecule has 0 saturated heterocycles. The summed E-state index contributed by atoms with van der Waals surface area (Å²) in [4.78, 5) is 0.512. The van der Waals surface area contributed by atoms with Crippen molar-refractivity contribution >= 4 is 15.9 Å². The van der Waals surface area contributed by atoms with Crippen molar-refractivity contribution < 1.29 is 4.74 Å². The van der Waals surface area contributed by atoms with Gasteiger partial charge in [-0.15, -0.1) is 6.58 Å². The lowest BCUT2D eigenvalue weighted by Gasteiger charge is -2.06. The number of hydrogen-bond donors (Lipinski definition) is 0. The molecule has 2 heteroatoms. The van der Waals surface area contributed by atoms with Gasteiger partial charge in [0.15, 0.2) is 0 Å². The SMILES string of the molecule is C=CCOCC(Br)CCC. The summed E-state index contributed by atoms with van der Waals surface area (Å²) in [6.07, 6.45) is 4.15. The molecule has 60 valence electrons. The van der Waals surface area contributed by atoms with E-state index in [2.05, 4.69) is 29.4 Å². The van der Waals surface area contributed by atoms with E-state index in [1.807, 2.05) is 0 Å². The van der Waals surface area contributed by atoms with Gasteiger partial charge in [0.05, 0.1) is 13.2 Å². The topological polar surface area (TPSA) is 9.23 Å². The van der Waals surface area contributed by atoms with Gasteiger partial charge in [0, 0.05) is 4.83 Å². The van der Waals surface area contributed by atoms with Gasteiger partial charge in [0.1, 0.15) is 0 Å². The number of hydrogen-bond acceptors (Lipinski definition) is 1. The highest BCUT2D eigenvalue weighted by molar-refractivity contribution is 9.09. The van der Waals surface area contributed by atoms with E-state index in [1.54, 1.807) is 6.08 Å². The van der Waals surface area contributed by atoms with Gasteiger partial charge in [0.25, 0.3) is 0 Å². The Labute approximate surface area is 71.6 Å². The molecule has 1 nitrogen and oxygen atoms in total. The fraction of sp³-hybridized carbons (Fsp3) is 0.750. The molecule has 0 N–H and O–H groups in total. The highest BCUT2D eigenvalue weighted by Gasteiger charge is 2.00. The molecule has 1 unspecified atom stereocenters. The maximum atomic E-state index is 5.23. The first kappa shape index (κ1) is 10.2. The van der Waals surface area contributed by atoms with Crippen LogP contribution in [0.5, 0.6) is 0 Å². The molecule has 0 fully saturated rings. The maximum Gasteiger partial charge on any atom is 0.0645 e. The van der Waals surface area contributed by atoms with Crippen molar-refractivity contribution in [1.82, 2.24) is 0 Å². The van der Waals surface area contributed by atoms with Crippen molar-refractivity contribution in [2.75, 3.05) is 13.2 Å². The van der Waals surface area contributed by atoms with E-state index in [1.165, 1.54) is 12.8 Å². The molecule has 0 aliphatic rings. The minimum atomic E-state index is 0.512. The highest BCUT2D eigenvalue weighted by atomic mass is 79.9. The molecule has 0 radical (unpaired) electrons. The minimum absolute atomic E-state index is 0.512. The van der Waals surface area contributed by atoms with Gasteiger partial charge in [0.2, 0.25) is 0 Å². The summed E-state index contributed by atoms with van der Waals surface area (Å²) in [7, 11) is 0. The van der Waals surface area contributed by atoms with E-state index in [0.717, 1.165) is 6.61 Å². The van der Waals surface area contributed by atoms with Gasteiger partial charge in [-0.05, 0) is 6.42 Å². The Kier molecular flexibility index (Phi) is 7.42. The van der Waals surface area contributed by atoms with Crippen molar-refractivity contribution in [3.63, 3.8) is 0 Å². The third kappa shape index (κ3) is 6.30. The van der Waals surface area contributed by atoms with Crippen LogP contribution in [0.1, 0.15) is 19.8 Å². The summed E-state index contributed by atoms with van der Waals surface area (Å²) < 4.78 is 5.23. The summed E-state index contributed by atoms with van der Waals surface area (Å²) in [5, 5.41) is 0. The lowest BCUT2D eigenvalue weighted by Crippen LogP contribution is -2.07. The fourth-order valence-corrected chi connectivity index (χ4v) is 1.32. The zero-order valence-electron chi connectivity index (χ0n) is 6.48. The molecule has 0 rings (SSSR count). The molecule has 0 aliphatic carbocycles. The van der Waals surface area contributed by atoms with E-state index in [4.69, 9.17) is 4.74 Å². The Morgan fingerprint density at radius 2 is 2.40 bits per heavy atom. The van der Waals surface area contributed by atoms with Gasteiger partial charge < -0.3 is 4.74 Å². The first-order valence-electron chi connectivity index (χ1n) is 3.64. The van der Waals surface area contributed by atoms with E-state index in [9.17, 15) is 0 Å². The van der Waals surface area contributed by atoms with Crippen LogP contribution in [0.4, 0.5) is 0 Å². The minimum Gasteiger partial charge on any atom is -0.376 e. The predicted octanol–water partition coefficient (Wildman–Crippen LogP) is 2.75. The van der Waals surface area contributed by atoms with E-state index in [-0.39, 0.29) is 0 Å². The van der Waals surface area contributed by atoms with Crippen molar-refractivity contribution in [1.29, 1.82) is 0 Å². The smallest absolute Gasteiger partial charge is 0.0645 e. The lowest BCUT2D eigenvalue weighted by atomic mass is 10.3. The molecular formula is C8H15BrO. The van der Waals surface area contributed by atoms with Crippen molar-refractivity contribution in [2.45, 2.75) is 24.6 Å². The quantitative estimate of drug-likeness (QED) is 0.369. The number of halogens is 1. The van der Waals surface area contributed by atoms with Crippen LogP contribution in [-0.2, 0) is 4.74 Å². The molecule has 0 amide bonds. The van der Waals surface area contributed by atoms with E-state index < -0.39 is 0 Å². The van der Waals surface area contributed by atoms with E-state index in [0.29, 0.717) is 11.4 Å². The van der Waals surface area contributed by atoms with Gasteiger partial charge in [-0.2, -0.15) is 0 Å². The summed E-state index contributed by atoms with van der Waals surface area (Å²) >= 11 is 3.51. The Balaban J connectivity index is 3.04. The van der Waals surface area contributed by atoms with Crippen LogP contribution in [0.3, 0.4) is 0 Å². The highest BCUT2D eigenvalue weighted by Crippen LogP contribution is 2.07. The van der Waals surface area contributed by atoms with Crippen LogP contribution < -0.4 is 0 Å². The average molecular weight is 207 g/mol. The Bertz CT molecular complexity index is 83.3. The molecule has 0 spiro atoms. The maximum absolute atomic E-state index is 5.23. The summed E-state index contributed by atoms with van der Waals surface area (Å²) in [6, 6.07) is 0. The second-order valence-electron chi connectivity index (χ2n) is 2.21. The third-order valence-electron chi connectivity index (χ3n) is 1.14. The molecule has 10 heavy (non-hydrogen) atoms. The van der Waals surface area contributed by atoms with Gasteiger partial charge in [-0.1, -0.05) is 35.4 Å². The molecule has 0 heterocycles. The van der Waals surface area contributed by atoms with Crippen molar-refractivity contribution in [3.05, 3.63) is 12.7 Å². The number of alkyl halides is 1. The molecule has 0 aromatic heterocycles. The number of ether oxygens (including phenoxy) is 1. The Morgan fingerprint density at radius 3 is 2.90 bits per heavy atom. The molecule has 0 bridgehead atoms. The largest absolute Gasteiger partial charge is 0.376 e. The molecule has 0 aromatic rings. The second kappa shape index (κ2) is 7.29. The lowest BCUT2D eigenvalue weighted by molar-refractivity contribution is 0.163. The van der Waals surface area contributed by atoms with Gasteiger partial charge >= 0.3 is 0 Å². The molecule has 0 aliphatic heterocycles. The van der Waals surface area contributed by atoms with Crippen LogP contribution in [0.15, 0.2) is 12.7 Å². The Hall–Kier alpha value is 0.180. The first-order valence-corrected chi connectivity index (χ1v) is 4.55. The summed E-state index contributed by atoms with van der Waals surface area (Å²) in [6.45, 7) is 7.18. The van der Waals surface area contributed by atoms with Crippen LogP contribution in [0.25, 0.3) is 0 Å². The molecule has 1 atom stereocenters. The summed E-state index contributed by atoms with van der Waals surface area (Å²) in [5.74, 6) is 0. The average Bonchev–Trinajstić information content (AvgIpc) is 1.89. The second-order valence-corrected chi connectivity index (χ2v) is 3.51. The zero-order valence-corrected chi connectivity index (χ0v) is 8.06. The van der Waals surface area contributed by atoms with Crippen LogP contribution in [0, 0.1) is 0 Å². The van der Waals surface area contributed by atoms with Crippen LogP contribution in [0.2, 0.25) is 0 Å². The normalized spacial score (nSPS) is 13.0. The van der Waals surface area contributed by atoms with Gasteiger partial charge in [-0.25, -0.2) is 0 Å². The Morgan fingerprint density at radius 1 is 1.70 bits per heavy atom. The molecule has 0 saturated carbocycles. The standard InChI is InChI=1S/C8H15BrO/c1-3-5-8(9)7-10-6-4-2/h4,8H,2-3,5-7H2,1H3. The fourth-order valence-electron chi connectivity index (χ4n) is 0.676. The first-order chi connectivity index (χ1) is 4.81.